The molecule has 0 unspecified atom stereocenters. The molecule has 0 aliphatic rings. The Morgan fingerprint density at radius 1 is 1.57 bits per heavy atom. The van der Waals surface area contributed by atoms with Crippen molar-refractivity contribution in [3.05, 3.63) is 0 Å². The van der Waals surface area contributed by atoms with Crippen LogP contribution in [0.2, 0.25) is 0 Å². The molecule has 0 saturated heterocycles. The minimum atomic E-state index is 0.736. The maximum Gasteiger partial charge on any atom is 0.0477 e. The number of rotatable bonds is 4. The van der Waals surface area contributed by atoms with Crippen molar-refractivity contribution in [2.75, 3.05) is 19.8 Å². The molecule has 0 aromatic heterocycles. The zero-order valence-corrected chi connectivity index (χ0v) is 4.81. The van der Waals surface area contributed by atoms with Gasteiger partial charge in [0.15, 0.2) is 0 Å². The summed E-state index contributed by atoms with van der Waals surface area (Å²) in [5.74, 6) is 0. The lowest BCUT2D eigenvalue weighted by atomic mass is 10.5. The van der Waals surface area contributed by atoms with Crippen LogP contribution in [0.3, 0.4) is 0 Å². The highest BCUT2D eigenvalue weighted by molar-refractivity contribution is 4.32. The van der Waals surface area contributed by atoms with Crippen LogP contribution >= 0.6 is 0 Å². The summed E-state index contributed by atoms with van der Waals surface area (Å²) in [6.45, 7) is 4.34. The molecule has 2 N–H and O–H groups in total. The first kappa shape index (κ1) is 6.92. The molecule has 0 fully saturated rings. The first-order valence-corrected chi connectivity index (χ1v) is 2.69. The topological polar surface area (TPSA) is 35.2 Å². The molecule has 0 atom stereocenters. The van der Waals surface area contributed by atoms with Gasteiger partial charge in [-0.25, -0.2) is 0 Å². The van der Waals surface area contributed by atoms with E-state index in [1.807, 2.05) is 6.92 Å². The maximum atomic E-state index is 5.19. The Hall–Kier alpha value is -0.0800. The van der Waals surface area contributed by atoms with Crippen molar-refractivity contribution in [2.24, 2.45) is 5.73 Å². The molecule has 2 nitrogen and oxygen atoms in total. The number of hydrogen-bond acceptors (Lipinski definition) is 2. The number of nitrogens with two attached hydrogens (primary N) is 1. The predicted octanol–water partition coefficient (Wildman–Crippen LogP) is 0.372. The third-order valence-electron chi connectivity index (χ3n) is 0.697. The molecule has 0 aliphatic carbocycles. The van der Waals surface area contributed by atoms with E-state index in [9.17, 15) is 0 Å². The lowest BCUT2D eigenvalue weighted by Crippen LogP contribution is -2.03. The summed E-state index contributed by atoms with van der Waals surface area (Å²) in [5, 5.41) is 0. The quantitative estimate of drug-likeness (QED) is 0.522. The van der Waals surface area contributed by atoms with E-state index in [1.165, 1.54) is 0 Å². The zero-order valence-electron chi connectivity index (χ0n) is 4.81. The number of hydrogen-bond donors (Lipinski definition) is 1. The van der Waals surface area contributed by atoms with E-state index >= 15 is 0 Å². The van der Waals surface area contributed by atoms with Gasteiger partial charge in [0.1, 0.15) is 0 Å². The summed E-state index contributed by atoms with van der Waals surface area (Å²) in [6.07, 6.45) is 0.980. The predicted molar refractivity (Wildman–Crippen MR) is 30.2 cm³/mol. The molecule has 0 saturated carbocycles. The Balaban J connectivity index is 2.45. The van der Waals surface area contributed by atoms with Gasteiger partial charge in [-0.3, -0.25) is 0 Å². The van der Waals surface area contributed by atoms with E-state index in [0.717, 1.165) is 26.2 Å². The van der Waals surface area contributed by atoms with Crippen LogP contribution in [0, 0.1) is 0 Å². The summed E-state index contributed by atoms with van der Waals surface area (Å²) in [7, 11) is 0. The minimum Gasteiger partial charge on any atom is -0.382 e. The van der Waals surface area contributed by atoms with Gasteiger partial charge < -0.3 is 10.5 Å². The lowest BCUT2D eigenvalue weighted by Gasteiger charge is -1.94. The molecular formula is C5H13NO. The molecule has 0 aliphatic heterocycles. The van der Waals surface area contributed by atoms with Gasteiger partial charge in [-0.2, -0.15) is 0 Å². The van der Waals surface area contributed by atoms with Crippen molar-refractivity contribution in [2.45, 2.75) is 13.3 Å². The van der Waals surface area contributed by atoms with Gasteiger partial charge in [-0.05, 0) is 19.9 Å². The molecule has 7 heavy (non-hydrogen) atoms. The van der Waals surface area contributed by atoms with Gasteiger partial charge in [0.25, 0.3) is 0 Å². The van der Waals surface area contributed by atoms with Crippen LogP contribution in [-0.4, -0.2) is 19.8 Å². The monoisotopic (exact) mass is 103 g/mol. The molecule has 0 rings (SSSR count). The molecular weight excluding hydrogens is 90.1 g/mol. The van der Waals surface area contributed by atoms with E-state index in [4.69, 9.17) is 10.5 Å². The fourth-order valence-corrected chi connectivity index (χ4v) is 0.330. The van der Waals surface area contributed by atoms with Crippen molar-refractivity contribution in [3.8, 4) is 0 Å². The molecule has 2 heteroatoms. The zero-order chi connectivity index (χ0) is 5.54. The smallest absolute Gasteiger partial charge is 0.0477 e. The molecule has 0 spiro atoms. The Morgan fingerprint density at radius 2 is 2.29 bits per heavy atom. The van der Waals surface area contributed by atoms with Crippen LogP contribution in [0.1, 0.15) is 13.3 Å². The fourth-order valence-electron chi connectivity index (χ4n) is 0.330. The average Bonchev–Trinajstić information content (AvgIpc) is 1.69. The highest BCUT2D eigenvalue weighted by atomic mass is 16.5. The van der Waals surface area contributed by atoms with E-state index in [0.29, 0.717) is 0 Å². The normalized spacial score (nSPS) is 9.43. The van der Waals surface area contributed by atoms with Gasteiger partial charge in [-0.1, -0.05) is 0 Å². The highest BCUT2D eigenvalue weighted by Gasteiger charge is 1.78. The Morgan fingerprint density at radius 3 is 2.71 bits per heavy atom. The van der Waals surface area contributed by atoms with Gasteiger partial charge in [0, 0.05) is 13.2 Å². The standard InChI is InChI=1S/C5H13NO/c1-2-7-5-3-4-6/h2-6H2,1H3. The van der Waals surface area contributed by atoms with Crippen molar-refractivity contribution in [1.29, 1.82) is 0 Å². The van der Waals surface area contributed by atoms with Crippen LogP contribution < -0.4 is 5.73 Å². The SMILES string of the molecule is CCOCCCN. The number of ether oxygens (including phenoxy) is 1. The Kier molecular flexibility index (Phi) is 5.85. The highest BCUT2D eigenvalue weighted by Crippen LogP contribution is 1.75. The average molecular weight is 103 g/mol. The lowest BCUT2D eigenvalue weighted by molar-refractivity contribution is 0.146. The van der Waals surface area contributed by atoms with Gasteiger partial charge >= 0.3 is 0 Å². The molecule has 0 aromatic carbocycles. The summed E-state index contributed by atoms with van der Waals surface area (Å²) in [5.41, 5.74) is 5.19. The van der Waals surface area contributed by atoms with Gasteiger partial charge in [0.2, 0.25) is 0 Å². The fraction of sp³-hybridized carbons (Fsp3) is 1.00. The largest absolute Gasteiger partial charge is 0.382 e. The van der Waals surface area contributed by atoms with E-state index < -0.39 is 0 Å². The van der Waals surface area contributed by atoms with Crippen LogP contribution in [0.4, 0.5) is 0 Å². The van der Waals surface area contributed by atoms with Crippen LogP contribution in [0.15, 0.2) is 0 Å². The third kappa shape index (κ3) is 5.92. The van der Waals surface area contributed by atoms with Crippen LogP contribution in [0.5, 0.6) is 0 Å². The first-order chi connectivity index (χ1) is 3.41. The van der Waals surface area contributed by atoms with Gasteiger partial charge in [0.05, 0.1) is 0 Å². The second kappa shape index (κ2) is 5.92. The molecule has 44 valence electrons. The van der Waals surface area contributed by atoms with Gasteiger partial charge in [-0.15, -0.1) is 0 Å². The first-order valence-electron chi connectivity index (χ1n) is 2.69. The van der Waals surface area contributed by atoms with Crippen LogP contribution in [-0.2, 0) is 4.74 Å². The summed E-state index contributed by atoms with van der Waals surface area (Å²) >= 11 is 0. The van der Waals surface area contributed by atoms with Crippen molar-refractivity contribution in [1.82, 2.24) is 0 Å². The molecule has 0 bridgehead atoms. The van der Waals surface area contributed by atoms with Crippen molar-refractivity contribution in [3.63, 3.8) is 0 Å². The van der Waals surface area contributed by atoms with E-state index in [2.05, 4.69) is 0 Å². The second-order valence-corrected chi connectivity index (χ2v) is 1.34. The molecule has 0 aromatic rings. The van der Waals surface area contributed by atoms with Crippen molar-refractivity contribution < 1.29 is 4.74 Å². The molecule has 0 heterocycles. The van der Waals surface area contributed by atoms with Crippen molar-refractivity contribution >= 4 is 0 Å². The van der Waals surface area contributed by atoms with Crippen LogP contribution in [0.25, 0.3) is 0 Å². The second-order valence-electron chi connectivity index (χ2n) is 1.34. The molecule has 0 radical (unpaired) electrons. The van der Waals surface area contributed by atoms with E-state index in [1.54, 1.807) is 0 Å². The molecule has 0 amide bonds. The maximum absolute atomic E-state index is 5.19. The summed E-state index contributed by atoms with van der Waals surface area (Å²) < 4.78 is 4.99. The Bertz CT molecular complexity index is 27.3. The summed E-state index contributed by atoms with van der Waals surface area (Å²) in [4.78, 5) is 0. The van der Waals surface area contributed by atoms with E-state index in [-0.39, 0.29) is 0 Å². The third-order valence-corrected chi connectivity index (χ3v) is 0.697. The Labute approximate surface area is 44.7 Å². The summed E-state index contributed by atoms with van der Waals surface area (Å²) in [6, 6.07) is 0. The minimum absolute atomic E-state index is 0.736.